The Hall–Kier alpha value is -0.0900. The number of sulfone groups is 1. The summed E-state index contributed by atoms with van der Waals surface area (Å²) < 4.78 is 22.4. The highest BCUT2D eigenvalue weighted by Crippen LogP contribution is 2.17. The summed E-state index contributed by atoms with van der Waals surface area (Å²) >= 11 is 0. The molecule has 1 aliphatic rings. The Bertz CT molecular complexity index is 246. The number of likely N-dealkylation sites (tertiary alicyclic amines) is 1. The van der Waals surface area contributed by atoms with E-state index in [-0.39, 0.29) is 5.25 Å². The van der Waals surface area contributed by atoms with Crippen LogP contribution in [0.1, 0.15) is 20.3 Å². The van der Waals surface area contributed by atoms with Gasteiger partial charge in [0.1, 0.15) is 0 Å². The number of hydrogen-bond acceptors (Lipinski definition) is 3. The highest BCUT2D eigenvalue weighted by atomic mass is 32.2. The molecule has 0 aromatic rings. The maximum Gasteiger partial charge on any atom is 0.151 e. The van der Waals surface area contributed by atoms with Gasteiger partial charge in [-0.1, -0.05) is 0 Å². The van der Waals surface area contributed by atoms with Crippen molar-refractivity contribution in [1.82, 2.24) is 4.90 Å². The highest BCUT2D eigenvalue weighted by Gasteiger charge is 2.30. The van der Waals surface area contributed by atoms with Crippen LogP contribution >= 0.6 is 0 Å². The Labute approximate surface area is 74.7 Å². The van der Waals surface area contributed by atoms with Crippen LogP contribution < -0.4 is 0 Å². The van der Waals surface area contributed by atoms with Crippen molar-refractivity contribution in [3.8, 4) is 0 Å². The van der Waals surface area contributed by atoms with Gasteiger partial charge in [0.05, 0.1) is 5.25 Å². The van der Waals surface area contributed by atoms with Crippen LogP contribution in [0.25, 0.3) is 0 Å². The first-order chi connectivity index (χ1) is 5.41. The summed E-state index contributed by atoms with van der Waals surface area (Å²) in [5.74, 6) is 0. The molecule has 3 nitrogen and oxygen atoms in total. The van der Waals surface area contributed by atoms with Crippen molar-refractivity contribution in [1.29, 1.82) is 0 Å². The lowest BCUT2D eigenvalue weighted by atomic mass is 10.3. The molecule has 1 aliphatic heterocycles. The first-order valence-electron chi connectivity index (χ1n) is 4.34. The fourth-order valence-corrected chi connectivity index (χ4v) is 2.57. The first-order valence-corrected chi connectivity index (χ1v) is 6.29. The van der Waals surface area contributed by atoms with Gasteiger partial charge in [0.25, 0.3) is 0 Å². The average Bonchev–Trinajstić information content (AvgIpc) is 2.30. The third-order valence-corrected chi connectivity index (χ3v) is 4.11. The topological polar surface area (TPSA) is 37.4 Å². The summed E-state index contributed by atoms with van der Waals surface area (Å²) in [5, 5.41) is -0.125. The summed E-state index contributed by atoms with van der Waals surface area (Å²) in [7, 11) is -2.81. The molecule has 1 atom stereocenters. The van der Waals surface area contributed by atoms with Crippen LogP contribution in [0, 0.1) is 0 Å². The fourth-order valence-electron chi connectivity index (χ4n) is 1.57. The van der Waals surface area contributed by atoms with Gasteiger partial charge in [-0.25, -0.2) is 8.42 Å². The van der Waals surface area contributed by atoms with Gasteiger partial charge >= 0.3 is 0 Å². The highest BCUT2D eigenvalue weighted by molar-refractivity contribution is 7.91. The minimum absolute atomic E-state index is 0.125. The molecule has 0 saturated carbocycles. The monoisotopic (exact) mass is 191 g/mol. The van der Waals surface area contributed by atoms with E-state index in [1.807, 2.05) is 0 Å². The van der Waals surface area contributed by atoms with Crippen LogP contribution in [0.2, 0.25) is 0 Å². The first kappa shape index (κ1) is 9.99. The van der Waals surface area contributed by atoms with Gasteiger partial charge in [-0.2, -0.15) is 0 Å². The van der Waals surface area contributed by atoms with E-state index in [9.17, 15) is 8.42 Å². The summed E-state index contributed by atoms with van der Waals surface area (Å²) in [6, 6.07) is 0.469. The molecular formula is C8H17NO2S. The number of rotatable bonds is 2. The molecule has 1 saturated heterocycles. The van der Waals surface area contributed by atoms with Gasteiger partial charge in [0.2, 0.25) is 0 Å². The van der Waals surface area contributed by atoms with Crippen molar-refractivity contribution in [3.05, 3.63) is 0 Å². The van der Waals surface area contributed by atoms with Crippen molar-refractivity contribution in [2.45, 2.75) is 31.6 Å². The van der Waals surface area contributed by atoms with Crippen molar-refractivity contribution in [2.75, 3.05) is 19.3 Å². The molecule has 1 fully saturated rings. The Morgan fingerprint density at radius 2 is 2.00 bits per heavy atom. The third kappa shape index (κ3) is 2.20. The van der Waals surface area contributed by atoms with E-state index in [1.54, 1.807) is 0 Å². The maximum atomic E-state index is 11.2. The maximum absolute atomic E-state index is 11.2. The van der Waals surface area contributed by atoms with Crippen LogP contribution in [0.3, 0.4) is 0 Å². The predicted molar refractivity (Wildman–Crippen MR) is 50.0 cm³/mol. The number of hydrogen-bond donors (Lipinski definition) is 0. The molecule has 1 heterocycles. The summed E-state index contributed by atoms with van der Waals surface area (Å²) in [6.45, 7) is 5.85. The van der Waals surface area contributed by atoms with Gasteiger partial charge in [-0.05, 0) is 26.8 Å². The van der Waals surface area contributed by atoms with Crippen LogP contribution in [-0.4, -0.2) is 44.0 Å². The molecular weight excluding hydrogens is 174 g/mol. The Balaban J connectivity index is 2.58. The summed E-state index contributed by atoms with van der Waals surface area (Å²) in [4.78, 5) is 2.21. The van der Waals surface area contributed by atoms with E-state index < -0.39 is 9.84 Å². The molecule has 0 spiro atoms. The van der Waals surface area contributed by atoms with Gasteiger partial charge in [-0.3, -0.25) is 4.90 Å². The van der Waals surface area contributed by atoms with Crippen molar-refractivity contribution in [3.63, 3.8) is 0 Å². The number of nitrogens with zero attached hydrogens (tertiary/aromatic N) is 1. The average molecular weight is 191 g/mol. The zero-order valence-electron chi connectivity index (χ0n) is 7.95. The lowest BCUT2D eigenvalue weighted by molar-refractivity contribution is 0.276. The molecule has 0 aromatic carbocycles. The molecule has 0 aromatic heterocycles. The van der Waals surface area contributed by atoms with E-state index in [4.69, 9.17) is 0 Å². The molecule has 0 bridgehead atoms. The van der Waals surface area contributed by atoms with Crippen LogP contribution in [0.5, 0.6) is 0 Å². The second-order valence-electron chi connectivity index (χ2n) is 3.83. The van der Waals surface area contributed by atoms with E-state index in [1.165, 1.54) is 6.26 Å². The quantitative estimate of drug-likeness (QED) is 0.638. The molecule has 0 radical (unpaired) electrons. The largest absolute Gasteiger partial charge is 0.300 e. The van der Waals surface area contributed by atoms with Crippen LogP contribution in [0.4, 0.5) is 0 Å². The van der Waals surface area contributed by atoms with Crippen molar-refractivity contribution >= 4 is 9.84 Å². The Morgan fingerprint density at radius 1 is 1.42 bits per heavy atom. The fraction of sp³-hybridized carbons (Fsp3) is 1.00. The van der Waals surface area contributed by atoms with E-state index in [0.29, 0.717) is 6.04 Å². The molecule has 4 heteroatoms. The van der Waals surface area contributed by atoms with Crippen LogP contribution in [-0.2, 0) is 9.84 Å². The minimum atomic E-state index is -2.81. The van der Waals surface area contributed by atoms with Gasteiger partial charge < -0.3 is 0 Å². The SMILES string of the molecule is CC(C)N1CC[C@H](S(C)(=O)=O)C1. The second-order valence-corrected chi connectivity index (χ2v) is 6.15. The zero-order chi connectivity index (χ0) is 9.35. The minimum Gasteiger partial charge on any atom is -0.300 e. The van der Waals surface area contributed by atoms with Crippen molar-refractivity contribution in [2.24, 2.45) is 0 Å². The molecule has 0 N–H and O–H groups in total. The van der Waals surface area contributed by atoms with E-state index in [0.717, 1.165) is 19.5 Å². The Kier molecular flexibility index (Phi) is 2.78. The van der Waals surface area contributed by atoms with Gasteiger partial charge in [0.15, 0.2) is 9.84 Å². The smallest absolute Gasteiger partial charge is 0.151 e. The molecule has 12 heavy (non-hydrogen) atoms. The summed E-state index contributed by atoms with van der Waals surface area (Å²) in [5.41, 5.74) is 0. The van der Waals surface area contributed by atoms with E-state index >= 15 is 0 Å². The van der Waals surface area contributed by atoms with Gasteiger partial charge in [0, 0.05) is 18.8 Å². The molecule has 0 aliphatic carbocycles. The predicted octanol–water partition coefficient (Wildman–Crippen LogP) is 0.514. The summed E-state index contributed by atoms with van der Waals surface area (Å²) in [6.07, 6.45) is 2.14. The lowest BCUT2D eigenvalue weighted by Gasteiger charge is -2.19. The standard InChI is InChI=1S/C8H17NO2S/c1-7(2)9-5-4-8(6-9)12(3,10)11/h7-8H,4-6H2,1-3H3/t8-/m0/s1. The second kappa shape index (κ2) is 3.34. The zero-order valence-corrected chi connectivity index (χ0v) is 8.76. The normalized spacial score (nSPS) is 26.8. The van der Waals surface area contributed by atoms with Gasteiger partial charge in [-0.15, -0.1) is 0 Å². The molecule has 0 unspecified atom stereocenters. The van der Waals surface area contributed by atoms with E-state index in [2.05, 4.69) is 18.7 Å². The molecule has 72 valence electrons. The van der Waals surface area contributed by atoms with Crippen molar-refractivity contribution < 1.29 is 8.42 Å². The van der Waals surface area contributed by atoms with Crippen LogP contribution in [0.15, 0.2) is 0 Å². The third-order valence-electron chi connectivity index (χ3n) is 2.51. The molecule has 0 amide bonds. The lowest BCUT2D eigenvalue weighted by Crippen LogP contribution is -2.31. The Morgan fingerprint density at radius 3 is 2.25 bits per heavy atom. The molecule has 1 rings (SSSR count).